The van der Waals surface area contributed by atoms with Gasteiger partial charge in [-0.1, -0.05) is 11.6 Å². The molecule has 2 heterocycles. The van der Waals surface area contributed by atoms with Gasteiger partial charge in [0.25, 0.3) is 5.91 Å². The summed E-state index contributed by atoms with van der Waals surface area (Å²) in [6.45, 7) is 2.36. The van der Waals surface area contributed by atoms with Crippen molar-refractivity contribution in [1.29, 1.82) is 0 Å². The number of amides is 1. The third-order valence-electron chi connectivity index (χ3n) is 3.76. The van der Waals surface area contributed by atoms with Gasteiger partial charge in [0.1, 0.15) is 0 Å². The van der Waals surface area contributed by atoms with Crippen molar-refractivity contribution in [3.8, 4) is 0 Å². The van der Waals surface area contributed by atoms with E-state index in [1.54, 1.807) is 23.1 Å². The van der Waals surface area contributed by atoms with Crippen LogP contribution in [-0.2, 0) is 9.47 Å². The molecule has 1 spiro atoms. The van der Waals surface area contributed by atoms with Gasteiger partial charge in [-0.05, 0) is 24.6 Å². The average Bonchev–Trinajstić information content (AvgIpc) is 2.89. The highest BCUT2D eigenvalue weighted by Crippen LogP contribution is 2.31. The number of nitrogen functional groups attached to an aromatic ring is 1. The summed E-state index contributed by atoms with van der Waals surface area (Å²) in [6, 6.07) is 4.95. The first kappa shape index (κ1) is 13.7. The first-order chi connectivity index (χ1) is 9.60. The maximum atomic E-state index is 12.5. The van der Waals surface area contributed by atoms with Crippen LogP contribution in [0.2, 0.25) is 5.02 Å². The van der Waals surface area contributed by atoms with Crippen molar-refractivity contribution < 1.29 is 14.3 Å². The van der Waals surface area contributed by atoms with E-state index < -0.39 is 5.79 Å². The molecule has 2 N–H and O–H groups in total. The number of nitrogens with zero attached hydrogens (tertiary/aromatic N) is 1. The van der Waals surface area contributed by atoms with E-state index in [2.05, 4.69) is 0 Å². The minimum atomic E-state index is -0.605. The van der Waals surface area contributed by atoms with Gasteiger partial charge in [-0.3, -0.25) is 4.79 Å². The molecule has 6 heteroatoms. The van der Waals surface area contributed by atoms with Gasteiger partial charge in [0, 0.05) is 18.5 Å². The number of hydrogen-bond acceptors (Lipinski definition) is 4. The summed E-state index contributed by atoms with van der Waals surface area (Å²) in [5.41, 5.74) is 6.71. The molecule has 2 saturated heterocycles. The molecule has 3 rings (SSSR count). The number of likely N-dealkylation sites (tertiary alicyclic amines) is 1. The van der Waals surface area contributed by atoms with E-state index in [0.717, 1.165) is 12.8 Å². The van der Waals surface area contributed by atoms with Gasteiger partial charge in [-0.2, -0.15) is 0 Å². The second-order valence-corrected chi connectivity index (χ2v) is 5.58. The number of nitrogens with two attached hydrogens (primary N) is 1. The number of anilines is 1. The van der Waals surface area contributed by atoms with Crippen LogP contribution in [0.3, 0.4) is 0 Å². The van der Waals surface area contributed by atoms with Gasteiger partial charge in [0.05, 0.1) is 30.5 Å². The molecule has 0 saturated carbocycles. The van der Waals surface area contributed by atoms with Crippen LogP contribution < -0.4 is 5.73 Å². The molecule has 20 heavy (non-hydrogen) atoms. The Morgan fingerprint density at radius 3 is 2.80 bits per heavy atom. The number of rotatable bonds is 1. The van der Waals surface area contributed by atoms with Crippen LogP contribution in [0.25, 0.3) is 0 Å². The summed E-state index contributed by atoms with van der Waals surface area (Å²) in [5.74, 6) is -0.669. The average molecular weight is 297 g/mol. The molecule has 0 bridgehead atoms. The maximum absolute atomic E-state index is 12.5. The number of ether oxygens (including phenoxy) is 2. The lowest BCUT2D eigenvalue weighted by Crippen LogP contribution is -2.51. The Balaban J connectivity index is 1.77. The van der Waals surface area contributed by atoms with E-state index in [0.29, 0.717) is 42.6 Å². The third-order valence-corrected chi connectivity index (χ3v) is 4.11. The topological polar surface area (TPSA) is 64.8 Å². The summed E-state index contributed by atoms with van der Waals surface area (Å²) in [7, 11) is 0. The van der Waals surface area contributed by atoms with Gasteiger partial charge >= 0.3 is 0 Å². The zero-order valence-corrected chi connectivity index (χ0v) is 11.9. The number of halogens is 1. The first-order valence-corrected chi connectivity index (χ1v) is 7.10. The second kappa shape index (κ2) is 5.24. The molecule has 2 fully saturated rings. The van der Waals surface area contributed by atoms with Crippen LogP contribution >= 0.6 is 11.6 Å². The van der Waals surface area contributed by atoms with Crippen molar-refractivity contribution in [1.82, 2.24) is 4.90 Å². The van der Waals surface area contributed by atoms with E-state index in [1.807, 2.05) is 0 Å². The summed E-state index contributed by atoms with van der Waals surface area (Å²) >= 11 is 5.88. The van der Waals surface area contributed by atoms with Crippen LogP contribution in [-0.4, -0.2) is 42.9 Å². The van der Waals surface area contributed by atoms with Crippen LogP contribution in [0, 0.1) is 0 Å². The molecule has 108 valence electrons. The predicted octanol–water partition coefficient (Wildman–Crippen LogP) is 1.90. The minimum Gasteiger partial charge on any atom is -0.398 e. The van der Waals surface area contributed by atoms with E-state index in [-0.39, 0.29) is 5.91 Å². The molecule has 0 aromatic heterocycles. The van der Waals surface area contributed by atoms with Crippen molar-refractivity contribution in [3.05, 3.63) is 28.8 Å². The van der Waals surface area contributed by atoms with Crippen molar-refractivity contribution >= 4 is 23.2 Å². The maximum Gasteiger partial charge on any atom is 0.254 e. The molecule has 1 aromatic carbocycles. The molecular formula is C14H17ClN2O3. The third kappa shape index (κ3) is 2.49. The fraction of sp³-hybridized carbons (Fsp3) is 0.500. The molecule has 1 amide bonds. The van der Waals surface area contributed by atoms with Crippen LogP contribution in [0.5, 0.6) is 0 Å². The molecule has 5 nitrogen and oxygen atoms in total. The van der Waals surface area contributed by atoms with Crippen LogP contribution in [0.15, 0.2) is 18.2 Å². The Labute approximate surface area is 122 Å². The largest absolute Gasteiger partial charge is 0.398 e. The quantitative estimate of drug-likeness (QED) is 0.804. The van der Waals surface area contributed by atoms with Crippen LogP contribution in [0.4, 0.5) is 5.69 Å². The Hall–Kier alpha value is -1.30. The zero-order valence-electron chi connectivity index (χ0n) is 11.1. The van der Waals surface area contributed by atoms with Gasteiger partial charge in [-0.15, -0.1) is 0 Å². The van der Waals surface area contributed by atoms with E-state index in [4.69, 9.17) is 26.8 Å². The fourth-order valence-electron chi connectivity index (χ4n) is 2.75. The number of carbonyl (C=O) groups excluding carboxylic acids is 1. The Morgan fingerprint density at radius 1 is 1.35 bits per heavy atom. The highest BCUT2D eigenvalue weighted by Gasteiger charge is 2.42. The Bertz CT molecular complexity index is 529. The molecule has 0 unspecified atom stereocenters. The molecule has 2 aliphatic heterocycles. The van der Waals surface area contributed by atoms with Gasteiger partial charge in [0.15, 0.2) is 5.79 Å². The van der Waals surface area contributed by atoms with Crippen molar-refractivity contribution in [2.24, 2.45) is 0 Å². The minimum absolute atomic E-state index is 0.0634. The van der Waals surface area contributed by atoms with Crippen molar-refractivity contribution in [3.63, 3.8) is 0 Å². The smallest absolute Gasteiger partial charge is 0.254 e. The lowest BCUT2D eigenvalue weighted by atomic mass is 10.0. The molecule has 0 atom stereocenters. The van der Waals surface area contributed by atoms with Gasteiger partial charge in [-0.25, -0.2) is 0 Å². The number of carbonyl (C=O) groups is 1. The Morgan fingerprint density at radius 2 is 2.10 bits per heavy atom. The SMILES string of the molecule is Nc1cc(C(=O)N2CCCC3(C2)OCCO3)ccc1Cl. The zero-order chi connectivity index (χ0) is 14.2. The lowest BCUT2D eigenvalue weighted by Gasteiger charge is -2.38. The Kier molecular flexibility index (Phi) is 3.58. The monoisotopic (exact) mass is 296 g/mol. The van der Waals surface area contributed by atoms with Gasteiger partial charge < -0.3 is 20.1 Å². The summed E-state index contributed by atoms with van der Waals surface area (Å²) in [5, 5.41) is 0.458. The fourth-order valence-corrected chi connectivity index (χ4v) is 2.87. The predicted molar refractivity (Wildman–Crippen MR) is 75.6 cm³/mol. The summed E-state index contributed by atoms with van der Waals surface area (Å²) in [4.78, 5) is 14.3. The highest BCUT2D eigenvalue weighted by molar-refractivity contribution is 6.33. The lowest BCUT2D eigenvalue weighted by molar-refractivity contribution is -0.183. The first-order valence-electron chi connectivity index (χ1n) is 6.72. The summed E-state index contributed by atoms with van der Waals surface area (Å²) < 4.78 is 11.4. The van der Waals surface area contributed by atoms with Gasteiger partial charge in [0.2, 0.25) is 0 Å². The number of benzene rings is 1. The number of hydrogen-bond donors (Lipinski definition) is 1. The van der Waals surface area contributed by atoms with Crippen molar-refractivity contribution in [2.75, 3.05) is 32.0 Å². The highest BCUT2D eigenvalue weighted by atomic mass is 35.5. The molecular weight excluding hydrogens is 280 g/mol. The molecule has 0 radical (unpaired) electrons. The molecule has 0 aliphatic carbocycles. The van der Waals surface area contributed by atoms with Crippen LogP contribution in [0.1, 0.15) is 23.2 Å². The standard InChI is InChI=1S/C14H17ClN2O3/c15-11-3-2-10(8-12(11)16)13(18)17-5-1-4-14(9-17)19-6-7-20-14/h2-3,8H,1,4-7,9,16H2. The second-order valence-electron chi connectivity index (χ2n) is 5.17. The van der Waals surface area contributed by atoms with Crippen molar-refractivity contribution in [2.45, 2.75) is 18.6 Å². The van der Waals surface area contributed by atoms with E-state index >= 15 is 0 Å². The molecule has 2 aliphatic rings. The summed E-state index contributed by atoms with van der Waals surface area (Å²) in [6.07, 6.45) is 1.70. The normalized spacial score (nSPS) is 21.4. The van der Waals surface area contributed by atoms with E-state index in [1.165, 1.54) is 0 Å². The molecule has 1 aromatic rings. The number of piperidine rings is 1. The van der Waals surface area contributed by atoms with E-state index in [9.17, 15) is 4.79 Å².